The van der Waals surface area contributed by atoms with Gasteiger partial charge in [-0.1, -0.05) is 6.07 Å². The number of aryl methyl sites for hydroxylation is 2. The molecule has 0 aliphatic carbocycles. The Bertz CT molecular complexity index is 487. The maximum Gasteiger partial charge on any atom is 0.138 e. The normalized spacial score (nSPS) is 11.7. The van der Waals surface area contributed by atoms with Crippen LogP contribution in [0.2, 0.25) is 0 Å². The Kier molecular flexibility index (Phi) is 3.72. The minimum atomic E-state index is -0.781. The Balaban J connectivity index is 2.00. The number of aliphatic hydroxyl groups is 1. The van der Waals surface area contributed by atoms with Crippen molar-refractivity contribution >= 4 is 0 Å². The molecule has 0 fully saturated rings. The highest BCUT2D eigenvalue weighted by atomic mass is 16.3. The molecule has 0 atom stereocenters. The zero-order chi connectivity index (χ0) is 13.0. The molecule has 0 aromatic carbocycles. The molecule has 96 valence electrons. The van der Waals surface area contributed by atoms with Crippen molar-refractivity contribution in [2.75, 3.05) is 0 Å². The quantitative estimate of drug-likeness (QED) is 0.861. The molecule has 5 heteroatoms. The van der Waals surface area contributed by atoms with Gasteiger partial charge in [-0.3, -0.25) is 4.98 Å². The minimum Gasteiger partial charge on any atom is -0.389 e. The first-order valence-electron chi connectivity index (χ1n) is 6.02. The zero-order valence-corrected chi connectivity index (χ0v) is 10.7. The molecule has 2 aromatic rings. The van der Waals surface area contributed by atoms with Crippen molar-refractivity contribution in [3.8, 4) is 0 Å². The summed E-state index contributed by atoms with van der Waals surface area (Å²) in [4.78, 5) is 8.32. The highest BCUT2D eigenvalue weighted by Crippen LogP contribution is 2.08. The lowest BCUT2D eigenvalue weighted by Gasteiger charge is -2.17. The standard InChI is InChI=1S/C13H18N4O/c1-13(2,18)9-17-12(15-10-16-17)6-5-11-4-3-7-14-8-11/h3-4,7-8,10,18H,5-6,9H2,1-2H3. The van der Waals surface area contributed by atoms with E-state index in [2.05, 4.69) is 15.1 Å². The van der Waals surface area contributed by atoms with E-state index >= 15 is 0 Å². The molecule has 2 heterocycles. The van der Waals surface area contributed by atoms with Gasteiger partial charge in [0.25, 0.3) is 0 Å². The third-order valence-electron chi connectivity index (χ3n) is 2.59. The van der Waals surface area contributed by atoms with Crippen LogP contribution in [-0.2, 0) is 19.4 Å². The molecule has 0 amide bonds. The highest BCUT2D eigenvalue weighted by Gasteiger charge is 2.16. The summed E-state index contributed by atoms with van der Waals surface area (Å²) in [7, 11) is 0. The number of rotatable bonds is 5. The number of pyridine rings is 1. The van der Waals surface area contributed by atoms with E-state index < -0.39 is 5.60 Å². The van der Waals surface area contributed by atoms with Crippen LogP contribution < -0.4 is 0 Å². The highest BCUT2D eigenvalue weighted by molar-refractivity contribution is 5.09. The van der Waals surface area contributed by atoms with E-state index in [1.165, 1.54) is 11.9 Å². The summed E-state index contributed by atoms with van der Waals surface area (Å²) >= 11 is 0. The number of nitrogens with zero attached hydrogens (tertiary/aromatic N) is 4. The van der Waals surface area contributed by atoms with Gasteiger partial charge in [-0.2, -0.15) is 5.10 Å². The van der Waals surface area contributed by atoms with Crippen LogP contribution in [0, 0.1) is 0 Å². The number of hydrogen-bond acceptors (Lipinski definition) is 4. The SMILES string of the molecule is CC(C)(O)Cn1ncnc1CCc1cccnc1. The second-order valence-electron chi connectivity index (χ2n) is 5.01. The fourth-order valence-electron chi connectivity index (χ4n) is 1.78. The molecule has 1 N–H and O–H groups in total. The van der Waals surface area contributed by atoms with Crippen LogP contribution in [0.1, 0.15) is 25.2 Å². The zero-order valence-electron chi connectivity index (χ0n) is 10.7. The van der Waals surface area contributed by atoms with E-state index in [0.717, 1.165) is 18.7 Å². The molecule has 2 rings (SSSR count). The second-order valence-corrected chi connectivity index (χ2v) is 5.01. The van der Waals surface area contributed by atoms with Gasteiger partial charge in [-0.15, -0.1) is 0 Å². The Morgan fingerprint density at radius 3 is 2.83 bits per heavy atom. The maximum absolute atomic E-state index is 9.80. The molecule has 0 saturated carbocycles. The average molecular weight is 246 g/mol. The average Bonchev–Trinajstić information content (AvgIpc) is 2.73. The third-order valence-corrected chi connectivity index (χ3v) is 2.59. The summed E-state index contributed by atoms with van der Waals surface area (Å²) < 4.78 is 1.76. The van der Waals surface area contributed by atoms with Gasteiger partial charge in [0.15, 0.2) is 0 Å². The van der Waals surface area contributed by atoms with Crippen molar-refractivity contribution in [2.24, 2.45) is 0 Å². The summed E-state index contributed by atoms with van der Waals surface area (Å²) in [5, 5.41) is 13.9. The van der Waals surface area contributed by atoms with Gasteiger partial charge in [0.2, 0.25) is 0 Å². The summed E-state index contributed by atoms with van der Waals surface area (Å²) in [6.45, 7) is 3.98. The molecule has 0 bridgehead atoms. The van der Waals surface area contributed by atoms with Crippen molar-refractivity contribution in [2.45, 2.75) is 38.8 Å². The van der Waals surface area contributed by atoms with E-state index in [1.54, 1.807) is 24.7 Å². The second kappa shape index (κ2) is 5.27. The van der Waals surface area contributed by atoms with Gasteiger partial charge < -0.3 is 5.11 Å². The van der Waals surface area contributed by atoms with E-state index in [4.69, 9.17) is 0 Å². The lowest BCUT2D eigenvalue weighted by Crippen LogP contribution is -2.28. The number of aromatic nitrogens is 4. The van der Waals surface area contributed by atoms with E-state index in [1.807, 2.05) is 18.3 Å². The summed E-state index contributed by atoms with van der Waals surface area (Å²) in [5.41, 5.74) is 0.395. The van der Waals surface area contributed by atoms with Crippen molar-refractivity contribution in [1.29, 1.82) is 0 Å². The molecule has 0 radical (unpaired) electrons. The molecule has 0 spiro atoms. The van der Waals surface area contributed by atoms with Crippen LogP contribution in [0.3, 0.4) is 0 Å². The van der Waals surface area contributed by atoms with E-state index in [9.17, 15) is 5.11 Å². The molecule has 0 unspecified atom stereocenters. The fraction of sp³-hybridized carbons (Fsp3) is 0.462. The minimum absolute atomic E-state index is 0.454. The van der Waals surface area contributed by atoms with Crippen LogP contribution in [0.4, 0.5) is 0 Å². The van der Waals surface area contributed by atoms with Crippen LogP contribution in [0.15, 0.2) is 30.9 Å². The molecule has 0 aliphatic heterocycles. The lowest BCUT2D eigenvalue weighted by molar-refractivity contribution is 0.0566. The predicted octanol–water partition coefficient (Wildman–Crippen LogP) is 1.23. The van der Waals surface area contributed by atoms with Gasteiger partial charge in [0, 0.05) is 18.8 Å². The first-order valence-corrected chi connectivity index (χ1v) is 6.02. The van der Waals surface area contributed by atoms with Gasteiger partial charge in [-0.25, -0.2) is 9.67 Å². The summed E-state index contributed by atoms with van der Waals surface area (Å²) in [5.74, 6) is 0.890. The molecular weight excluding hydrogens is 228 g/mol. The maximum atomic E-state index is 9.80. The van der Waals surface area contributed by atoms with Gasteiger partial charge in [-0.05, 0) is 31.9 Å². The fourth-order valence-corrected chi connectivity index (χ4v) is 1.78. The Labute approximate surface area is 107 Å². The van der Waals surface area contributed by atoms with Crippen LogP contribution in [-0.4, -0.2) is 30.5 Å². The smallest absolute Gasteiger partial charge is 0.138 e. The summed E-state index contributed by atoms with van der Waals surface area (Å²) in [6.07, 6.45) is 6.82. The molecule has 5 nitrogen and oxygen atoms in total. The molecule has 0 aliphatic rings. The van der Waals surface area contributed by atoms with Crippen LogP contribution in [0.5, 0.6) is 0 Å². The van der Waals surface area contributed by atoms with Crippen molar-refractivity contribution in [3.05, 3.63) is 42.2 Å². The molecule has 0 saturated heterocycles. The first kappa shape index (κ1) is 12.7. The Morgan fingerprint density at radius 1 is 1.33 bits per heavy atom. The van der Waals surface area contributed by atoms with Crippen LogP contribution in [0.25, 0.3) is 0 Å². The Morgan fingerprint density at radius 2 is 2.17 bits per heavy atom. The molecule has 18 heavy (non-hydrogen) atoms. The van der Waals surface area contributed by atoms with Crippen LogP contribution >= 0.6 is 0 Å². The lowest BCUT2D eigenvalue weighted by atomic mass is 10.1. The summed E-state index contributed by atoms with van der Waals surface area (Å²) in [6, 6.07) is 3.97. The predicted molar refractivity (Wildman–Crippen MR) is 68.0 cm³/mol. The monoisotopic (exact) mass is 246 g/mol. The van der Waals surface area contributed by atoms with Gasteiger partial charge >= 0.3 is 0 Å². The Hall–Kier alpha value is -1.75. The molecular formula is C13H18N4O. The molecule has 2 aromatic heterocycles. The van der Waals surface area contributed by atoms with E-state index in [0.29, 0.717) is 6.54 Å². The van der Waals surface area contributed by atoms with Crippen molar-refractivity contribution < 1.29 is 5.11 Å². The number of hydrogen-bond donors (Lipinski definition) is 1. The third kappa shape index (κ3) is 3.63. The van der Waals surface area contributed by atoms with Crippen molar-refractivity contribution in [3.63, 3.8) is 0 Å². The largest absolute Gasteiger partial charge is 0.389 e. The van der Waals surface area contributed by atoms with Crippen molar-refractivity contribution in [1.82, 2.24) is 19.7 Å². The van der Waals surface area contributed by atoms with Gasteiger partial charge in [0.05, 0.1) is 12.1 Å². The first-order chi connectivity index (χ1) is 8.54. The topological polar surface area (TPSA) is 63.8 Å². The van der Waals surface area contributed by atoms with Gasteiger partial charge in [0.1, 0.15) is 12.2 Å². The van der Waals surface area contributed by atoms with E-state index in [-0.39, 0.29) is 0 Å².